The van der Waals surface area contributed by atoms with Crippen molar-refractivity contribution >= 4 is 39.7 Å². The molecule has 1 aromatic carbocycles. The summed E-state index contributed by atoms with van der Waals surface area (Å²) in [6, 6.07) is 1.78. The quantitative estimate of drug-likeness (QED) is 0.358. The Morgan fingerprint density at radius 1 is 1.28 bits per heavy atom. The number of terminal acetylenes is 1. The van der Waals surface area contributed by atoms with E-state index in [2.05, 4.69) is 38.1 Å². The number of amides is 1. The Labute approximate surface area is 210 Å². The molecule has 0 spiro atoms. The van der Waals surface area contributed by atoms with Crippen molar-refractivity contribution in [1.82, 2.24) is 34.7 Å². The van der Waals surface area contributed by atoms with Crippen molar-refractivity contribution in [2.24, 2.45) is 0 Å². The Bertz CT molecular complexity index is 1430. The molecule has 0 saturated carbocycles. The first kappa shape index (κ1) is 26.8. The van der Waals surface area contributed by atoms with Crippen molar-refractivity contribution in [2.45, 2.75) is 51.7 Å². The Morgan fingerprint density at radius 2 is 1.97 bits per heavy atom. The summed E-state index contributed by atoms with van der Waals surface area (Å²) >= 11 is 1.06. The maximum absolute atomic E-state index is 14.1. The van der Waals surface area contributed by atoms with E-state index in [-0.39, 0.29) is 39.5 Å². The predicted octanol–water partition coefficient (Wildman–Crippen LogP) is 2.95. The average Bonchev–Trinajstić information content (AvgIpc) is 3.48. The summed E-state index contributed by atoms with van der Waals surface area (Å²) in [6.45, 7) is 5.08. The monoisotopic (exact) mass is 516 g/mol. The summed E-state index contributed by atoms with van der Waals surface area (Å²) in [5, 5.41) is 22.9. The van der Waals surface area contributed by atoms with Crippen LogP contribution in [0.2, 0.25) is 0 Å². The lowest BCUT2D eigenvalue weighted by atomic mass is 10.1. The Kier molecular flexibility index (Phi) is 7.80. The number of anilines is 1. The zero-order valence-corrected chi connectivity index (χ0v) is 21.1. The van der Waals surface area contributed by atoms with E-state index in [0.29, 0.717) is 30.1 Å². The van der Waals surface area contributed by atoms with E-state index in [1.54, 1.807) is 25.8 Å². The number of hydrogen-bond donors (Lipinski definition) is 2. The van der Waals surface area contributed by atoms with E-state index in [9.17, 15) is 18.7 Å². The first-order valence-corrected chi connectivity index (χ1v) is 11.7. The fourth-order valence-corrected chi connectivity index (χ4v) is 4.29. The van der Waals surface area contributed by atoms with Gasteiger partial charge in [-0.2, -0.15) is 4.52 Å². The molecule has 3 heterocycles. The minimum Gasteiger partial charge on any atom is -0.383 e. The molecule has 4 aromatic rings. The molecule has 0 saturated heterocycles. The maximum Gasteiger partial charge on any atom is 0.284 e. The lowest BCUT2D eigenvalue weighted by Crippen LogP contribution is -2.35. The lowest BCUT2D eigenvalue weighted by Gasteiger charge is -2.23. The second-order valence-electron chi connectivity index (χ2n) is 8.65. The highest BCUT2D eigenvalue weighted by molar-refractivity contribution is 7.13. The molecule has 0 aliphatic carbocycles. The topological polar surface area (TPSA) is 135 Å². The van der Waals surface area contributed by atoms with E-state index >= 15 is 0 Å². The number of aromatic nitrogens is 6. The fraction of sp³-hybridized carbons (Fsp3) is 0.391. The van der Waals surface area contributed by atoms with Gasteiger partial charge in [-0.15, -0.1) is 28.1 Å². The second-order valence-corrected chi connectivity index (χ2v) is 9.62. The molecule has 0 radical (unpaired) electrons. The van der Waals surface area contributed by atoms with Crippen LogP contribution in [-0.2, 0) is 12.0 Å². The number of hydrogen-bond acceptors (Lipinski definition) is 9. The largest absolute Gasteiger partial charge is 0.383 e. The molecule has 190 valence electrons. The smallest absolute Gasteiger partial charge is 0.284 e. The molecule has 10 nitrogen and oxygen atoms in total. The minimum absolute atomic E-state index is 0.0482. The van der Waals surface area contributed by atoms with Crippen LogP contribution in [-0.4, -0.2) is 58.8 Å². The molecule has 0 aliphatic rings. The van der Waals surface area contributed by atoms with Gasteiger partial charge in [0.2, 0.25) is 11.0 Å². The minimum atomic E-state index is -1.16. The Morgan fingerprint density at radius 3 is 2.61 bits per heavy atom. The number of fused-ring (bicyclic) bond motifs is 3. The Balaban J connectivity index is 0.00000176. The molecule has 0 aliphatic heterocycles. The third kappa shape index (κ3) is 5.39. The molecule has 3 N–H and O–H groups in total. The Hall–Kier alpha value is -3.76. The average molecular weight is 517 g/mol. The third-order valence-electron chi connectivity index (χ3n) is 5.50. The molecule has 1 amide bonds. The highest BCUT2D eigenvalue weighted by Gasteiger charge is 2.26. The van der Waals surface area contributed by atoms with Crippen LogP contribution in [0.1, 0.15) is 54.2 Å². The highest BCUT2D eigenvalue weighted by Crippen LogP contribution is 2.25. The van der Waals surface area contributed by atoms with Gasteiger partial charge in [-0.05, 0) is 39.7 Å². The number of rotatable bonds is 7. The number of carbonyl (C=O) groups is 1. The molecule has 1 atom stereocenters. The van der Waals surface area contributed by atoms with Gasteiger partial charge in [0.15, 0.2) is 17.3 Å². The summed E-state index contributed by atoms with van der Waals surface area (Å²) in [5.74, 6) is -1.44. The van der Waals surface area contributed by atoms with E-state index in [1.807, 2.05) is 6.92 Å². The third-order valence-corrected chi connectivity index (χ3v) is 6.72. The molecular weight excluding hydrogens is 490 g/mol. The van der Waals surface area contributed by atoms with Crippen LogP contribution >= 0.6 is 11.3 Å². The summed E-state index contributed by atoms with van der Waals surface area (Å²) in [7, 11) is 1.68. The van der Waals surface area contributed by atoms with Gasteiger partial charge in [0.1, 0.15) is 21.9 Å². The molecule has 4 rings (SSSR count). The van der Waals surface area contributed by atoms with Crippen molar-refractivity contribution in [3.8, 4) is 12.8 Å². The van der Waals surface area contributed by atoms with Gasteiger partial charge in [0.25, 0.3) is 5.91 Å². The van der Waals surface area contributed by atoms with Crippen molar-refractivity contribution < 1.29 is 18.7 Å². The molecular formula is C23H26F2N8O2S. The van der Waals surface area contributed by atoms with Gasteiger partial charge in [-0.1, -0.05) is 11.3 Å². The van der Waals surface area contributed by atoms with Crippen LogP contribution in [0.3, 0.4) is 0 Å². The van der Waals surface area contributed by atoms with Crippen molar-refractivity contribution in [3.05, 3.63) is 39.6 Å². The van der Waals surface area contributed by atoms with E-state index < -0.39 is 17.2 Å². The molecule has 3 aromatic heterocycles. The van der Waals surface area contributed by atoms with Gasteiger partial charge >= 0.3 is 0 Å². The molecule has 0 fully saturated rings. The fourth-order valence-electron chi connectivity index (χ4n) is 3.46. The van der Waals surface area contributed by atoms with Crippen molar-refractivity contribution in [1.29, 1.82) is 0 Å². The normalized spacial score (nSPS) is 12.4. The van der Waals surface area contributed by atoms with Gasteiger partial charge in [0.05, 0.1) is 5.39 Å². The van der Waals surface area contributed by atoms with Crippen LogP contribution in [0.5, 0.6) is 0 Å². The SMILES string of the molecule is C#C.C[C@@H](CCCc1nc2c3cc(F)cc(F)c3nc(N)n2n1)N(C)C(=O)c1nnc(C(C)(C)O)s1. The van der Waals surface area contributed by atoms with Crippen LogP contribution in [0.15, 0.2) is 12.1 Å². The summed E-state index contributed by atoms with van der Waals surface area (Å²) in [5.41, 5.74) is 4.90. The van der Waals surface area contributed by atoms with Gasteiger partial charge < -0.3 is 15.7 Å². The van der Waals surface area contributed by atoms with Gasteiger partial charge in [-0.25, -0.2) is 18.7 Å². The summed E-state index contributed by atoms with van der Waals surface area (Å²) in [4.78, 5) is 22.7. The lowest BCUT2D eigenvalue weighted by molar-refractivity contribution is 0.0731. The van der Waals surface area contributed by atoms with Crippen LogP contribution in [0.25, 0.3) is 16.6 Å². The number of nitrogens with zero attached hydrogens (tertiary/aromatic N) is 7. The van der Waals surface area contributed by atoms with Crippen molar-refractivity contribution in [2.75, 3.05) is 12.8 Å². The first-order valence-electron chi connectivity index (χ1n) is 10.9. The number of nitrogens with two attached hydrogens (primary N) is 1. The second kappa shape index (κ2) is 10.5. The number of aryl methyl sites for hydroxylation is 1. The molecule has 36 heavy (non-hydrogen) atoms. The first-order chi connectivity index (χ1) is 17.0. The molecule has 0 unspecified atom stereocenters. The zero-order valence-electron chi connectivity index (χ0n) is 20.2. The van der Waals surface area contributed by atoms with E-state index in [0.717, 1.165) is 23.5 Å². The summed E-state index contributed by atoms with van der Waals surface area (Å²) < 4.78 is 29.1. The number of carbonyl (C=O) groups excluding carboxylic acids is 1. The standard InChI is InChI=1S/C21H24F2N8O2S.C2H2/c1-10(30(4)18(32)17-27-28-19(34-17)21(2,3)33)6-5-7-14-25-16-12-8-11(22)9-13(23)15(12)26-20(24)31(16)29-14;1-2/h8-10,33H,5-7H2,1-4H3,(H2,24,26);1-2H/t10-;/m0./s1. The van der Waals surface area contributed by atoms with Crippen LogP contribution < -0.4 is 5.73 Å². The number of aliphatic hydroxyl groups is 1. The summed E-state index contributed by atoms with van der Waals surface area (Å²) in [6.07, 6.45) is 9.76. The number of benzene rings is 1. The predicted molar refractivity (Wildman–Crippen MR) is 132 cm³/mol. The molecule has 13 heteroatoms. The van der Waals surface area contributed by atoms with Gasteiger partial charge in [0, 0.05) is 25.6 Å². The number of halogens is 2. The van der Waals surface area contributed by atoms with Crippen LogP contribution in [0, 0.1) is 24.5 Å². The maximum atomic E-state index is 14.1. The van der Waals surface area contributed by atoms with Crippen LogP contribution in [0.4, 0.5) is 14.7 Å². The van der Waals surface area contributed by atoms with Gasteiger partial charge in [-0.3, -0.25) is 4.79 Å². The van der Waals surface area contributed by atoms with Crippen molar-refractivity contribution in [3.63, 3.8) is 0 Å². The molecule has 0 bridgehead atoms. The zero-order chi connectivity index (χ0) is 26.8. The number of nitrogen functional groups attached to an aromatic ring is 1. The van der Waals surface area contributed by atoms with E-state index in [1.165, 1.54) is 4.52 Å². The highest BCUT2D eigenvalue weighted by atomic mass is 32.1. The van der Waals surface area contributed by atoms with E-state index in [4.69, 9.17) is 5.73 Å².